The Labute approximate surface area is 97.6 Å². The Bertz CT molecular complexity index is 521. The van der Waals surface area contributed by atoms with Crippen LogP contribution in [0.25, 0.3) is 0 Å². The van der Waals surface area contributed by atoms with Crippen molar-refractivity contribution in [1.82, 2.24) is 4.57 Å². The third kappa shape index (κ3) is 1.58. The van der Waals surface area contributed by atoms with E-state index in [1.807, 2.05) is 0 Å². The molecule has 2 bridgehead atoms. The number of nitrogens with zero attached hydrogens (tertiary/aromatic N) is 1. The molecule has 1 aliphatic carbocycles. The molecule has 3 atom stereocenters. The van der Waals surface area contributed by atoms with Crippen molar-refractivity contribution in [1.29, 1.82) is 0 Å². The first-order chi connectivity index (χ1) is 8.16. The Morgan fingerprint density at radius 3 is 2.88 bits per heavy atom. The Kier molecular flexibility index (Phi) is 2.29. The first kappa shape index (κ1) is 10.5. The zero-order chi connectivity index (χ0) is 12.0. The van der Waals surface area contributed by atoms with E-state index >= 15 is 0 Å². The van der Waals surface area contributed by atoms with Crippen LogP contribution < -0.4 is 5.56 Å². The lowest BCUT2D eigenvalue weighted by molar-refractivity contribution is 0.0542. The molecule has 1 aromatic rings. The molecule has 90 valence electrons. The molecule has 0 radical (unpaired) electrons. The fourth-order valence-corrected chi connectivity index (χ4v) is 2.90. The van der Waals surface area contributed by atoms with Crippen LogP contribution in [0.15, 0.2) is 23.1 Å². The molecule has 1 aromatic heterocycles. The van der Waals surface area contributed by atoms with Crippen molar-refractivity contribution in [3.8, 4) is 0 Å². The van der Waals surface area contributed by atoms with Crippen molar-refractivity contribution < 1.29 is 14.6 Å². The summed E-state index contributed by atoms with van der Waals surface area (Å²) in [5, 5.41) is 8.93. The van der Waals surface area contributed by atoms with Gasteiger partial charge < -0.3 is 14.4 Å². The monoisotopic (exact) mass is 235 g/mol. The number of pyridine rings is 1. The molecule has 1 saturated carbocycles. The van der Waals surface area contributed by atoms with Gasteiger partial charge in [-0.2, -0.15) is 0 Å². The maximum Gasteiger partial charge on any atom is 0.341 e. The van der Waals surface area contributed by atoms with Gasteiger partial charge in [-0.05, 0) is 25.0 Å². The van der Waals surface area contributed by atoms with E-state index in [0.717, 1.165) is 12.8 Å². The average Bonchev–Trinajstić information content (AvgIpc) is 2.90. The Morgan fingerprint density at radius 2 is 2.29 bits per heavy atom. The number of aromatic carboxylic acids is 1. The third-order valence-corrected chi connectivity index (χ3v) is 3.72. The minimum Gasteiger partial charge on any atom is -0.477 e. The van der Waals surface area contributed by atoms with E-state index < -0.39 is 11.5 Å². The van der Waals surface area contributed by atoms with Gasteiger partial charge in [0.05, 0.1) is 12.7 Å². The van der Waals surface area contributed by atoms with Crippen molar-refractivity contribution in [3.05, 3.63) is 34.2 Å². The number of aromatic nitrogens is 1. The fourth-order valence-electron chi connectivity index (χ4n) is 2.90. The second kappa shape index (κ2) is 3.70. The molecule has 2 heterocycles. The maximum absolute atomic E-state index is 12.0. The van der Waals surface area contributed by atoms with Crippen LogP contribution in [0.4, 0.5) is 0 Å². The molecule has 2 fully saturated rings. The highest BCUT2D eigenvalue weighted by Gasteiger charge is 2.42. The van der Waals surface area contributed by atoms with Crippen molar-refractivity contribution in [2.45, 2.75) is 25.0 Å². The molecule has 1 N–H and O–H groups in total. The molecule has 0 spiro atoms. The Balaban J connectivity index is 2.01. The summed E-state index contributed by atoms with van der Waals surface area (Å²) in [4.78, 5) is 22.9. The van der Waals surface area contributed by atoms with Gasteiger partial charge in [0.1, 0.15) is 5.56 Å². The van der Waals surface area contributed by atoms with Crippen LogP contribution in [0.3, 0.4) is 0 Å². The smallest absolute Gasteiger partial charge is 0.341 e. The van der Waals surface area contributed by atoms with E-state index in [0.29, 0.717) is 12.5 Å². The predicted molar refractivity (Wildman–Crippen MR) is 59.2 cm³/mol. The van der Waals surface area contributed by atoms with Gasteiger partial charge in [0.25, 0.3) is 5.56 Å². The molecule has 2 unspecified atom stereocenters. The van der Waals surface area contributed by atoms with Crippen molar-refractivity contribution in [2.75, 3.05) is 6.61 Å². The van der Waals surface area contributed by atoms with Crippen LogP contribution in [-0.2, 0) is 4.74 Å². The number of rotatable bonds is 2. The molecule has 5 heteroatoms. The summed E-state index contributed by atoms with van der Waals surface area (Å²) in [6.45, 7) is 0.680. The Morgan fingerprint density at radius 1 is 1.47 bits per heavy atom. The summed E-state index contributed by atoms with van der Waals surface area (Å²) in [5.74, 6) is -0.814. The van der Waals surface area contributed by atoms with E-state index in [4.69, 9.17) is 9.84 Å². The molecular formula is C12H13NO4. The van der Waals surface area contributed by atoms with Crippen LogP contribution in [0.2, 0.25) is 0 Å². The fraction of sp³-hybridized carbons (Fsp3) is 0.500. The molecule has 1 aliphatic heterocycles. The van der Waals surface area contributed by atoms with E-state index in [2.05, 4.69) is 0 Å². The van der Waals surface area contributed by atoms with E-state index in [-0.39, 0.29) is 17.7 Å². The van der Waals surface area contributed by atoms with E-state index in [1.165, 1.54) is 6.07 Å². The number of carbonyl (C=O) groups is 1. The molecule has 0 aromatic carbocycles. The normalized spacial score (nSPS) is 30.7. The predicted octanol–water partition coefficient (Wildman–Crippen LogP) is 0.896. The number of hydrogen-bond acceptors (Lipinski definition) is 3. The molecule has 5 nitrogen and oxygen atoms in total. The topological polar surface area (TPSA) is 68.5 Å². The molecule has 3 rings (SSSR count). The number of carboxylic acid groups (broad SMARTS) is 1. The second-order valence-electron chi connectivity index (χ2n) is 4.69. The molecule has 17 heavy (non-hydrogen) atoms. The number of ether oxygens (including phenoxy) is 1. The molecule has 0 amide bonds. The Hall–Kier alpha value is -1.62. The van der Waals surface area contributed by atoms with Gasteiger partial charge in [-0.1, -0.05) is 0 Å². The van der Waals surface area contributed by atoms with Gasteiger partial charge >= 0.3 is 5.97 Å². The molecular weight excluding hydrogens is 222 g/mol. The standard InChI is InChI=1S/C12H13NO4/c14-11-9(12(15)16)2-1-3-13(11)10-5-8-4-7(10)6-17-8/h1-3,7-8,10H,4-6H2,(H,15,16)/t7-,8?,10?/m1/s1. The summed E-state index contributed by atoms with van der Waals surface area (Å²) in [6, 6.07) is 3.07. The van der Waals surface area contributed by atoms with Crippen LogP contribution >= 0.6 is 0 Å². The highest BCUT2D eigenvalue weighted by atomic mass is 16.5. The van der Waals surface area contributed by atoms with Crippen molar-refractivity contribution in [2.24, 2.45) is 5.92 Å². The second-order valence-corrected chi connectivity index (χ2v) is 4.69. The van der Waals surface area contributed by atoms with Crippen LogP contribution in [-0.4, -0.2) is 28.4 Å². The van der Waals surface area contributed by atoms with Gasteiger partial charge in [-0.15, -0.1) is 0 Å². The number of hydrogen-bond donors (Lipinski definition) is 1. The first-order valence-corrected chi connectivity index (χ1v) is 5.73. The lowest BCUT2D eigenvalue weighted by atomic mass is 10.0. The first-order valence-electron chi connectivity index (χ1n) is 5.73. The third-order valence-electron chi connectivity index (χ3n) is 3.72. The summed E-state index contributed by atoms with van der Waals surface area (Å²) < 4.78 is 7.06. The van der Waals surface area contributed by atoms with Crippen molar-refractivity contribution in [3.63, 3.8) is 0 Å². The van der Waals surface area contributed by atoms with Gasteiger partial charge in [0.2, 0.25) is 0 Å². The minimum atomic E-state index is -1.16. The van der Waals surface area contributed by atoms with Gasteiger partial charge in [0, 0.05) is 18.2 Å². The zero-order valence-corrected chi connectivity index (χ0v) is 9.20. The van der Waals surface area contributed by atoms with Crippen LogP contribution in [0.1, 0.15) is 29.2 Å². The van der Waals surface area contributed by atoms with Gasteiger partial charge in [-0.25, -0.2) is 4.79 Å². The highest BCUT2D eigenvalue weighted by molar-refractivity contribution is 5.86. The average molecular weight is 235 g/mol. The summed E-state index contributed by atoms with van der Waals surface area (Å²) >= 11 is 0. The lowest BCUT2D eigenvalue weighted by Crippen LogP contribution is -2.32. The van der Waals surface area contributed by atoms with Crippen molar-refractivity contribution >= 4 is 5.97 Å². The van der Waals surface area contributed by atoms with E-state index in [1.54, 1.807) is 16.8 Å². The largest absolute Gasteiger partial charge is 0.477 e. The number of fused-ring (bicyclic) bond motifs is 2. The SMILES string of the molecule is O=C(O)c1cccn(C2CC3C[C@@H]2CO3)c1=O. The quantitative estimate of drug-likeness (QED) is 0.826. The summed E-state index contributed by atoms with van der Waals surface area (Å²) in [6.07, 6.45) is 3.72. The molecule has 2 aliphatic rings. The van der Waals surface area contributed by atoms with Crippen LogP contribution in [0, 0.1) is 5.92 Å². The lowest BCUT2D eigenvalue weighted by Gasteiger charge is -2.24. The molecule has 1 saturated heterocycles. The van der Waals surface area contributed by atoms with Gasteiger partial charge in [0.15, 0.2) is 0 Å². The highest BCUT2D eigenvalue weighted by Crippen LogP contribution is 2.42. The maximum atomic E-state index is 12.0. The zero-order valence-electron chi connectivity index (χ0n) is 9.20. The van der Waals surface area contributed by atoms with Gasteiger partial charge in [-0.3, -0.25) is 4.79 Å². The summed E-state index contributed by atoms with van der Waals surface area (Å²) in [7, 11) is 0. The summed E-state index contributed by atoms with van der Waals surface area (Å²) in [5.41, 5.74) is -0.561. The minimum absolute atomic E-state index is 0.0977. The number of carboxylic acids is 1. The van der Waals surface area contributed by atoms with Crippen LogP contribution in [0.5, 0.6) is 0 Å². The van der Waals surface area contributed by atoms with E-state index in [9.17, 15) is 9.59 Å².